The van der Waals surface area contributed by atoms with E-state index in [1.807, 2.05) is 31.3 Å². The Morgan fingerprint density at radius 1 is 1.38 bits per heavy atom. The Labute approximate surface area is 124 Å². The second kappa shape index (κ2) is 5.39. The van der Waals surface area contributed by atoms with Crippen LogP contribution in [0.2, 0.25) is 0 Å². The largest absolute Gasteiger partial charge is 0.479 e. The van der Waals surface area contributed by atoms with Crippen LogP contribution in [0.5, 0.6) is 5.75 Å². The zero-order valence-electron chi connectivity index (χ0n) is 12.4. The number of fused-ring (bicyclic) bond motifs is 1. The minimum atomic E-state index is -0.504. The van der Waals surface area contributed by atoms with E-state index < -0.39 is 6.10 Å². The summed E-state index contributed by atoms with van der Waals surface area (Å²) in [6.07, 6.45) is 2.04. The zero-order valence-corrected chi connectivity index (χ0v) is 12.4. The Balaban J connectivity index is 1.71. The number of hydrogen-bond donors (Lipinski definition) is 0. The Kier molecular flexibility index (Phi) is 3.57. The summed E-state index contributed by atoms with van der Waals surface area (Å²) in [6, 6.07) is 7.86. The van der Waals surface area contributed by atoms with Gasteiger partial charge >= 0.3 is 0 Å². The molecule has 2 amide bonds. The van der Waals surface area contributed by atoms with Crippen molar-refractivity contribution in [1.29, 1.82) is 0 Å². The van der Waals surface area contributed by atoms with Gasteiger partial charge in [0.05, 0.1) is 5.69 Å². The summed E-state index contributed by atoms with van der Waals surface area (Å²) < 4.78 is 5.59. The van der Waals surface area contributed by atoms with Crippen LogP contribution in [0.1, 0.15) is 26.2 Å². The van der Waals surface area contributed by atoms with Gasteiger partial charge in [0, 0.05) is 26.1 Å². The summed E-state index contributed by atoms with van der Waals surface area (Å²) in [5.41, 5.74) is 0.752. The first-order valence-electron chi connectivity index (χ1n) is 7.40. The normalized spacial score (nSPS) is 20.8. The zero-order chi connectivity index (χ0) is 15.0. The summed E-state index contributed by atoms with van der Waals surface area (Å²) in [7, 11) is 1.84. The summed E-state index contributed by atoms with van der Waals surface area (Å²) >= 11 is 0. The molecule has 1 fully saturated rings. The Morgan fingerprint density at radius 2 is 2.10 bits per heavy atom. The van der Waals surface area contributed by atoms with Gasteiger partial charge in [0.1, 0.15) is 5.75 Å². The molecule has 1 saturated carbocycles. The highest BCUT2D eigenvalue weighted by Crippen LogP contribution is 2.33. The van der Waals surface area contributed by atoms with Gasteiger partial charge < -0.3 is 14.5 Å². The first-order valence-corrected chi connectivity index (χ1v) is 7.40. The van der Waals surface area contributed by atoms with Crippen molar-refractivity contribution in [2.75, 3.05) is 18.5 Å². The van der Waals surface area contributed by atoms with E-state index in [1.165, 1.54) is 0 Å². The van der Waals surface area contributed by atoms with Gasteiger partial charge in [-0.2, -0.15) is 0 Å². The smallest absolute Gasteiger partial charge is 0.267 e. The molecule has 1 atom stereocenters. The standard InChI is InChI=1S/C16H20N2O3/c1-11-16(20)18(13-5-3-4-6-14(13)21-11)10-9-15(19)17(2)12-7-8-12/h3-6,11-12H,7-10H2,1-2H3/t11-/m1/s1. The Morgan fingerprint density at radius 3 is 2.81 bits per heavy atom. The summed E-state index contributed by atoms with van der Waals surface area (Å²) in [4.78, 5) is 27.9. The minimum absolute atomic E-state index is 0.0874. The molecule has 0 N–H and O–H groups in total. The summed E-state index contributed by atoms with van der Waals surface area (Å²) in [5.74, 6) is 0.713. The van der Waals surface area contributed by atoms with Crippen LogP contribution in [-0.2, 0) is 9.59 Å². The summed E-state index contributed by atoms with van der Waals surface area (Å²) in [6.45, 7) is 2.14. The number of carbonyl (C=O) groups is 2. The van der Waals surface area contributed by atoms with Gasteiger partial charge in [-0.1, -0.05) is 12.1 Å². The van der Waals surface area contributed by atoms with E-state index in [9.17, 15) is 9.59 Å². The molecule has 1 aliphatic heterocycles. The molecule has 21 heavy (non-hydrogen) atoms. The van der Waals surface area contributed by atoms with E-state index in [-0.39, 0.29) is 11.8 Å². The lowest BCUT2D eigenvalue weighted by Gasteiger charge is -2.33. The first-order chi connectivity index (χ1) is 10.1. The number of rotatable bonds is 4. The predicted molar refractivity (Wildman–Crippen MR) is 79.3 cm³/mol. The lowest BCUT2D eigenvalue weighted by molar-refractivity contribution is -0.130. The molecule has 1 aromatic rings. The van der Waals surface area contributed by atoms with Gasteiger partial charge in [0.15, 0.2) is 6.10 Å². The van der Waals surface area contributed by atoms with Gasteiger partial charge in [-0.05, 0) is 31.9 Å². The van der Waals surface area contributed by atoms with Crippen molar-refractivity contribution >= 4 is 17.5 Å². The number of anilines is 1. The predicted octanol–water partition coefficient (Wildman–Crippen LogP) is 1.81. The molecule has 0 unspecified atom stereocenters. The molecule has 112 valence electrons. The van der Waals surface area contributed by atoms with E-state index in [0.717, 1.165) is 18.5 Å². The molecular formula is C16H20N2O3. The van der Waals surface area contributed by atoms with E-state index in [4.69, 9.17) is 4.74 Å². The molecule has 0 bridgehead atoms. The fourth-order valence-electron chi connectivity index (χ4n) is 2.64. The lowest BCUT2D eigenvalue weighted by atomic mass is 10.1. The average molecular weight is 288 g/mol. The Hall–Kier alpha value is -2.04. The van der Waals surface area contributed by atoms with Crippen LogP contribution in [0.3, 0.4) is 0 Å². The van der Waals surface area contributed by atoms with Crippen molar-refractivity contribution in [2.24, 2.45) is 0 Å². The van der Waals surface area contributed by atoms with E-state index in [0.29, 0.717) is 24.8 Å². The quantitative estimate of drug-likeness (QED) is 0.849. The van der Waals surface area contributed by atoms with Crippen molar-refractivity contribution in [3.8, 4) is 5.75 Å². The number of amides is 2. The number of benzene rings is 1. The van der Waals surface area contributed by atoms with Crippen molar-refractivity contribution in [2.45, 2.75) is 38.3 Å². The SMILES string of the molecule is C[C@H]1Oc2ccccc2N(CCC(=O)N(C)C2CC2)C1=O. The molecule has 1 aliphatic carbocycles. The molecule has 5 heteroatoms. The molecule has 0 spiro atoms. The van der Waals surface area contributed by atoms with Crippen molar-refractivity contribution in [1.82, 2.24) is 4.90 Å². The van der Waals surface area contributed by atoms with Crippen LogP contribution in [0.15, 0.2) is 24.3 Å². The van der Waals surface area contributed by atoms with Crippen LogP contribution >= 0.6 is 0 Å². The van der Waals surface area contributed by atoms with Crippen LogP contribution in [0.25, 0.3) is 0 Å². The number of carbonyl (C=O) groups excluding carboxylic acids is 2. The van der Waals surface area contributed by atoms with E-state index in [1.54, 1.807) is 16.7 Å². The molecule has 0 aromatic heterocycles. The van der Waals surface area contributed by atoms with Crippen molar-refractivity contribution in [3.63, 3.8) is 0 Å². The number of ether oxygens (including phenoxy) is 1. The first kappa shape index (κ1) is 13.9. The minimum Gasteiger partial charge on any atom is -0.479 e. The molecule has 1 heterocycles. The highest BCUT2D eigenvalue weighted by Gasteiger charge is 2.33. The maximum Gasteiger partial charge on any atom is 0.267 e. The maximum absolute atomic E-state index is 12.3. The number of hydrogen-bond acceptors (Lipinski definition) is 3. The van der Waals surface area contributed by atoms with Crippen LogP contribution < -0.4 is 9.64 Å². The highest BCUT2D eigenvalue weighted by molar-refractivity contribution is 6.00. The molecule has 5 nitrogen and oxygen atoms in total. The molecule has 0 saturated heterocycles. The van der Waals surface area contributed by atoms with Crippen LogP contribution in [0, 0.1) is 0 Å². The average Bonchev–Trinajstić information content (AvgIpc) is 3.31. The topological polar surface area (TPSA) is 49.9 Å². The second-order valence-corrected chi connectivity index (χ2v) is 5.70. The van der Waals surface area contributed by atoms with E-state index >= 15 is 0 Å². The molecule has 0 radical (unpaired) electrons. The Bertz CT molecular complexity index is 568. The third-order valence-electron chi connectivity index (χ3n) is 4.11. The molecule has 1 aromatic carbocycles. The van der Waals surface area contributed by atoms with Gasteiger partial charge in [0.25, 0.3) is 5.91 Å². The summed E-state index contributed by atoms with van der Waals surface area (Å²) in [5, 5.41) is 0. The molecular weight excluding hydrogens is 268 g/mol. The third kappa shape index (κ3) is 2.73. The number of nitrogens with zero attached hydrogens (tertiary/aromatic N) is 2. The van der Waals surface area contributed by atoms with Crippen LogP contribution in [0.4, 0.5) is 5.69 Å². The monoisotopic (exact) mass is 288 g/mol. The van der Waals surface area contributed by atoms with Gasteiger partial charge in [-0.15, -0.1) is 0 Å². The van der Waals surface area contributed by atoms with Crippen molar-refractivity contribution in [3.05, 3.63) is 24.3 Å². The fraction of sp³-hybridized carbons (Fsp3) is 0.500. The van der Waals surface area contributed by atoms with Gasteiger partial charge in [-0.25, -0.2) is 0 Å². The van der Waals surface area contributed by atoms with Crippen LogP contribution in [-0.4, -0.2) is 42.5 Å². The second-order valence-electron chi connectivity index (χ2n) is 5.70. The van der Waals surface area contributed by atoms with E-state index in [2.05, 4.69) is 0 Å². The highest BCUT2D eigenvalue weighted by atomic mass is 16.5. The fourth-order valence-corrected chi connectivity index (χ4v) is 2.64. The number of para-hydroxylation sites is 2. The van der Waals surface area contributed by atoms with Gasteiger partial charge in [-0.3, -0.25) is 9.59 Å². The van der Waals surface area contributed by atoms with Gasteiger partial charge in [0.2, 0.25) is 5.91 Å². The molecule has 2 aliphatic rings. The lowest BCUT2D eigenvalue weighted by Crippen LogP contribution is -2.46. The maximum atomic E-state index is 12.3. The third-order valence-corrected chi connectivity index (χ3v) is 4.11. The molecule has 3 rings (SSSR count). The van der Waals surface area contributed by atoms with Crippen molar-refractivity contribution < 1.29 is 14.3 Å².